The Morgan fingerprint density at radius 3 is 2.52 bits per heavy atom. The number of amides is 1. The van der Waals surface area contributed by atoms with Gasteiger partial charge >= 0.3 is 0 Å². The van der Waals surface area contributed by atoms with Crippen LogP contribution in [-0.2, 0) is 6.54 Å². The molecule has 1 aliphatic rings. The van der Waals surface area contributed by atoms with E-state index in [1.807, 2.05) is 6.07 Å². The number of anilines is 1. The van der Waals surface area contributed by atoms with Gasteiger partial charge in [-0.1, -0.05) is 55.5 Å². The van der Waals surface area contributed by atoms with Gasteiger partial charge in [0, 0.05) is 25.0 Å². The Morgan fingerprint density at radius 1 is 1.08 bits per heavy atom. The third-order valence-corrected chi connectivity index (χ3v) is 4.81. The fourth-order valence-electron chi connectivity index (χ4n) is 3.26. The highest BCUT2D eigenvalue weighted by atomic mass is 16.1. The van der Waals surface area contributed by atoms with Gasteiger partial charge in [-0.05, 0) is 31.4 Å². The van der Waals surface area contributed by atoms with Crippen LogP contribution in [-0.4, -0.2) is 16.9 Å². The molecule has 0 spiro atoms. The lowest BCUT2D eigenvalue weighted by Crippen LogP contribution is -2.34. The molecule has 0 unspecified atom stereocenters. The summed E-state index contributed by atoms with van der Waals surface area (Å²) < 4.78 is 0. The van der Waals surface area contributed by atoms with E-state index in [-0.39, 0.29) is 5.91 Å². The van der Waals surface area contributed by atoms with Gasteiger partial charge in [-0.25, -0.2) is 0 Å². The summed E-state index contributed by atoms with van der Waals surface area (Å²) in [5, 5.41) is 6.52. The Kier molecular flexibility index (Phi) is 6.04. The molecule has 4 heteroatoms. The molecule has 1 saturated carbocycles. The zero-order valence-corrected chi connectivity index (χ0v) is 14.9. The molecule has 132 valence electrons. The number of pyridine rings is 1. The van der Waals surface area contributed by atoms with Crippen LogP contribution in [0.25, 0.3) is 0 Å². The summed E-state index contributed by atoms with van der Waals surface area (Å²) in [4.78, 5) is 16.7. The number of carbonyl (C=O) groups excluding carboxylic acids is 1. The minimum absolute atomic E-state index is 0.0154. The quantitative estimate of drug-likeness (QED) is 0.792. The monoisotopic (exact) mass is 337 g/mol. The summed E-state index contributed by atoms with van der Waals surface area (Å²) in [6.07, 6.45) is 10.6. The van der Waals surface area contributed by atoms with Crippen LogP contribution >= 0.6 is 0 Å². The third-order valence-electron chi connectivity index (χ3n) is 4.81. The SMILES string of the molecule is Cc1ccc(CNc2cncc(C(=O)NC3CCCCCC3)c2)cc1. The number of nitrogens with zero attached hydrogens (tertiary/aromatic N) is 1. The molecular formula is C21H27N3O. The van der Waals surface area contributed by atoms with Gasteiger partial charge in [0.05, 0.1) is 11.3 Å². The van der Waals surface area contributed by atoms with Gasteiger partial charge in [0.25, 0.3) is 5.91 Å². The second kappa shape index (κ2) is 8.65. The van der Waals surface area contributed by atoms with E-state index in [2.05, 4.69) is 46.8 Å². The lowest BCUT2D eigenvalue weighted by molar-refractivity contribution is 0.0933. The highest BCUT2D eigenvalue weighted by molar-refractivity contribution is 5.94. The van der Waals surface area contributed by atoms with Crippen molar-refractivity contribution in [2.45, 2.75) is 58.0 Å². The number of aromatic nitrogens is 1. The predicted molar refractivity (Wildman–Crippen MR) is 102 cm³/mol. The molecule has 0 atom stereocenters. The van der Waals surface area contributed by atoms with Gasteiger partial charge in [0.1, 0.15) is 0 Å². The second-order valence-corrected chi connectivity index (χ2v) is 6.96. The summed E-state index contributed by atoms with van der Waals surface area (Å²) in [6.45, 7) is 2.80. The molecule has 1 aromatic carbocycles. The zero-order chi connectivity index (χ0) is 17.5. The summed E-state index contributed by atoms with van der Waals surface area (Å²) in [7, 11) is 0. The maximum absolute atomic E-state index is 12.5. The van der Waals surface area contributed by atoms with E-state index < -0.39 is 0 Å². The van der Waals surface area contributed by atoms with E-state index in [0.717, 1.165) is 25.1 Å². The third kappa shape index (κ3) is 5.31. The molecule has 1 aromatic heterocycles. The number of rotatable bonds is 5. The molecule has 25 heavy (non-hydrogen) atoms. The smallest absolute Gasteiger partial charge is 0.253 e. The Labute approximate surface area is 150 Å². The van der Waals surface area contributed by atoms with Crippen molar-refractivity contribution in [3.05, 3.63) is 59.4 Å². The van der Waals surface area contributed by atoms with Gasteiger partial charge < -0.3 is 10.6 Å². The van der Waals surface area contributed by atoms with Crippen LogP contribution in [0.3, 0.4) is 0 Å². The predicted octanol–water partition coefficient (Wildman–Crippen LogP) is 4.45. The number of hydrogen-bond acceptors (Lipinski definition) is 3. The molecule has 0 saturated heterocycles. The molecule has 1 heterocycles. The average molecular weight is 337 g/mol. The van der Waals surface area contributed by atoms with Gasteiger partial charge in [-0.3, -0.25) is 9.78 Å². The van der Waals surface area contributed by atoms with Crippen molar-refractivity contribution in [2.75, 3.05) is 5.32 Å². The van der Waals surface area contributed by atoms with E-state index in [1.165, 1.54) is 36.8 Å². The highest BCUT2D eigenvalue weighted by Crippen LogP contribution is 2.18. The fraction of sp³-hybridized carbons (Fsp3) is 0.429. The molecule has 2 N–H and O–H groups in total. The molecule has 1 fully saturated rings. The van der Waals surface area contributed by atoms with Crippen molar-refractivity contribution in [3.8, 4) is 0 Å². The first-order valence-corrected chi connectivity index (χ1v) is 9.26. The van der Waals surface area contributed by atoms with Gasteiger partial charge in [-0.2, -0.15) is 0 Å². The normalized spacial score (nSPS) is 15.4. The first kappa shape index (κ1) is 17.5. The van der Waals surface area contributed by atoms with E-state index >= 15 is 0 Å². The minimum Gasteiger partial charge on any atom is -0.380 e. The van der Waals surface area contributed by atoms with Crippen LogP contribution in [0.2, 0.25) is 0 Å². The average Bonchev–Trinajstić information content (AvgIpc) is 2.90. The molecule has 1 amide bonds. The van der Waals surface area contributed by atoms with Crippen LogP contribution in [0.15, 0.2) is 42.7 Å². The van der Waals surface area contributed by atoms with Crippen LogP contribution in [0.1, 0.15) is 60.0 Å². The van der Waals surface area contributed by atoms with E-state index in [1.54, 1.807) is 12.4 Å². The minimum atomic E-state index is -0.0154. The summed E-state index contributed by atoms with van der Waals surface area (Å²) >= 11 is 0. The van der Waals surface area contributed by atoms with Crippen molar-refractivity contribution < 1.29 is 4.79 Å². The lowest BCUT2D eigenvalue weighted by Gasteiger charge is -2.16. The zero-order valence-electron chi connectivity index (χ0n) is 14.9. The second-order valence-electron chi connectivity index (χ2n) is 6.96. The first-order chi connectivity index (χ1) is 12.2. The fourth-order valence-corrected chi connectivity index (χ4v) is 3.26. The number of carbonyl (C=O) groups is 1. The van der Waals surface area contributed by atoms with E-state index in [9.17, 15) is 4.79 Å². The molecule has 0 bridgehead atoms. The number of hydrogen-bond donors (Lipinski definition) is 2. The van der Waals surface area contributed by atoms with Gasteiger partial charge in [-0.15, -0.1) is 0 Å². The van der Waals surface area contributed by atoms with Crippen LogP contribution < -0.4 is 10.6 Å². The summed E-state index contributed by atoms with van der Waals surface area (Å²) in [6, 6.07) is 10.6. The van der Waals surface area contributed by atoms with Crippen LogP contribution in [0.4, 0.5) is 5.69 Å². The van der Waals surface area contributed by atoms with Crippen molar-refractivity contribution >= 4 is 11.6 Å². The number of benzene rings is 1. The Hall–Kier alpha value is -2.36. The number of aryl methyl sites for hydroxylation is 1. The summed E-state index contributed by atoms with van der Waals surface area (Å²) in [5.74, 6) is -0.0154. The maximum Gasteiger partial charge on any atom is 0.253 e. The standard InChI is InChI=1S/C21H27N3O/c1-16-8-10-17(11-9-16)13-23-20-12-18(14-22-15-20)21(25)24-19-6-4-2-3-5-7-19/h8-12,14-15,19,23H,2-7,13H2,1H3,(H,24,25). The molecule has 0 radical (unpaired) electrons. The Balaban J connectivity index is 1.58. The molecule has 1 aliphatic carbocycles. The van der Waals surface area contributed by atoms with E-state index in [0.29, 0.717) is 11.6 Å². The van der Waals surface area contributed by atoms with Crippen molar-refractivity contribution in [2.24, 2.45) is 0 Å². The summed E-state index contributed by atoms with van der Waals surface area (Å²) in [5.41, 5.74) is 3.95. The molecular weight excluding hydrogens is 310 g/mol. The highest BCUT2D eigenvalue weighted by Gasteiger charge is 2.16. The van der Waals surface area contributed by atoms with E-state index in [4.69, 9.17) is 0 Å². The first-order valence-electron chi connectivity index (χ1n) is 9.26. The van der Waals surface area contributed by atoms with Gasteiger partial charge in [0.2, 0.25) is 0 Å². The maximum atomic E-state index is 12.5. The van der Waals surface area contributed by atoms with Crippen molar-refractivity contribution in [1.29, 1.82) is 0 Å². The lowest BCUT2D eigenvalue weighted by atomic mass is 10.1. The molecule has 4 nitrogen and oxygen atoms in total. The number of nitrogens with one attached hydrogen (secondary N) is 2. The van der Waals surface area contributed by atoms with Crippen molar-refractivity contribution in [1.82, 2.24) is 10.3 Å². The Bertz CT molecular complexity index is 689. The molecule has 3 rings (SSSR count). The molecule has 2 aromatic rings. The van der Waals surface area contributed by atoms with Crippen LogP contribution in [0, 0.1) is 6.92 Å². The van der Waals surface area contributed by atoms with Crippen LogP contribution in [0.5, 0.6) is 0 Å². The van der Waals surface area contributed by atoms with Gasteiger partial charge in [0.15, 0.2) is 0 Å². The Morgan fingerprint density at radius 2 is 1.80 bits per heavy atom. The topological polar surface area (TPSA) is 54.0 Å². The largest absolute Gasteiger partial charge is 0.380 e. The van der Waals surface area contributed by atoms with Crippen molar-refractivity contribution in [3.63, 3.8) is 0 Å². The molecule has 0 aliphatic heterocycles.